The second kappa shape index (κ2) is 7.56. The van der Waals surface area contributed by atoms with Gasteiger partial charge in [-0.25, -0.2) is 0 Å². The number of aldehydes is 1. The van der Waals surface area contributed by atoms with E-state index in [-0.39, 0.29) is 11.0 Å². The molecule has 0 aliphatic heterocycles. The van der Waals surface area contributed by atoms with Crippen molar-refractivity contribution in [2.45, 2.75) is 89.8 Å². The monoisotopic (exact) mass is 454 g/mol. The molecular formula is C26H38O3Si2. The quantitative estimate of drug-likeness (QED) is 0.346. The van der Waals surface area contributed by atoms with Gasteiger partial charge in [-0.05, 0) is 105 Å². The number of aryl methyl sites for hydroxylation is 1. The van der Waals surface area contributed by atoms with Gasteiger partial charge < -0.3 is 13.6 Å². The molecule has 31 heavy (non-hydrogen) atoms. The van der Waals surface area contributed by atoms with Crippen LogP contribution in [0.4, 0.5) is 0 Å². The highest BCUT2D eigenvalue weighted by Gasteiger charge is 2.60. The first-order valence-electron chi connectivity index (χ1n) is 11.8. The molecule has 5 heteroatoms. The van der Waals surface area contributed by atoms with Crippen LogP contribution >= 0.6 is 0 Å². The molecular weight excluding hydrogens is 416 g/mol. The van der Waals surface area contributed by atoms with E-state index in [1.54, 1.807) is 0 Å². The number of carbonyl (C=O) groups excluding carboxylic acids is 1. The minimum Gasteiger partial charge on any atom is -0.544 e. The first-order valence-corrected chi connectivity index (χ1v) is 18.6. The van der Waals surface area contributed by atoms with Crippen LogP contribution in [0.2, 0.25) is 39.3 Å². The highest BCUT2D eigenvalue weighted by Crippen LogP contribution is 2.63. The Morgan fingerprint density at radius 3 is 2.42 bits per heavy atom. The van der Waals surface area contributed by atoms with Crippen LogP contribution in [0.25, 0.3) is 10.8 Å². The molecule has 2 aromatic rings. The Labute approximate surface area is 189 Å². The number of carbonyl (C=O) groups is 1. The molecule has 168 valence electrons. The van der Waals surface area contributed by atoms with Gasteiger partial charge in [0.25, 0.3) is 0 Å². The average molecular weight is 455 g/mol. The molecule has 3 nitrogen and oxygen atoms in total. The molecule has 2 aromatic carbocycles. The average Bonchev–Trinajstić information content (AvgIpc) is 2.91. The van der Waals surface area contributed by atoms with Crippen LogP contribution in [0.3, 0.4) is 0 Å². The second-order valence-corrected chi connectivity index (χ2v) is 20.7. The lowest BCUT2D eigenvalue weighted by Gasteiger charge is -2.51. The topological polar surface area (TPSA) is 35.5 Å². The van der Waals surface area contributed by atoms with Crippen LogP contribution in [0.1, 0.15) is 49.7 Å². The van der Waals surface area contributed by atoms with Gasteiger partial charge in [-0.2, -0.15) is 0 Å². The summed E-state index contributed by atoms with van der Waals surface area (Å²) in [6.07, 6.45) is 5.83. The SMILES string of the molecule is C[C@]12CCc3c(ccc4cc(O[Si](C)(C)C)ccc34)[C@@H]1CCC2(CC=O)O[Si](C)(C)C. The zero-order valence-corrected chi connectivity index (χ0v) is 22.3. The van der Waals surface area contributed by atoms with Gasteiger partial charge in [0, 0.05) is 11.8 Å². The van der Waals surface area contributed by atoms with E-state index < -0.39 is 16.6 Å². The number of rotatable bonds is 6. The van der Waals surface area contributed by atoms with E-state index in [0.29, 0.717) is 12.3 Å². The van der Waals surface area contributed by atoms with E-state index in [1.165, 1.54) is 21.9 Å². The van der Waals surface area contributed by atoms with E-state index in [4.69, 9.17) is 8.85 Å². The number of hydrogen-bond acceptors (Lipinski definition) is 3. The Bertz CT molecular complexity index is 1000. The maximum absolute atomic E-state index is 11.7. The number of hydrogen-bond donors (Lipinski definition) is 0. The first kappa shape index (κ1) is 22.7. The molecule has 0 amide bonds. The molecule has 3 atom stereocenters. The molecule has 0 heterocycles. The van der Waals surface area contributed by atoms with Gasteiger partial charge in [-0.3, -0.25) is 0 Å². The lowest BCUT2D eigenvalue weighted by Crippen LogP contribution is -2.53. The fourth-order valence-corrected chi connectivity index (χ4v) is 8.69. The van der Waals surface area contributed by atoms with Crippen molar-refractivity contribution in [2.75, 3.05) is 0 Å². The Balaban J connectivity index is 1.75. The standard InChI is InChI=1S/C26H38O3Si2/c1-25-14-12-22-21-11-9-20(28-30(2,3)4)18-19(21)8-10-23(22)24(25)13-15-26(25,16-17-27)29-31(5,6)7/h8-11,17-18,24H,12-16H2,1-7H3/t24-,25-,26?/m0/s1. The summed E-state index contributed by atoms with van der Waals surface area (Å²) in [5.74, 6) is 1.44. The van der Waals surface area contributed by atoms with Crippen LogP contribution in [0, 0.1) is 5.41 Å². The third kappa shape index (κ3) is 4.05. The molecule has 2 aliphatic carbocycles. The van der Waals surface area contributed by atoms with Gasteiger partial charge in [0.15, 0.2) is 8.32 Å². The van der Waals surface area contributed by atoms with Crippen LogP contribution in [-0.2, 0) is 15.6 Å². The van der Waals surface area contributed by atoms with Gasteiger partial charge in [0.05, 0.1) is 5.60 Å². The predicted molar refractivity (Wildman–Crippen MR) is 134 cm³/mol. The number of benzene rings is 2. The second-order valence-electron chi connectivity index (χ2n) is 11.8. The Morgan fingerprint density at radius 2 is 1.77 bits per heavy atom. The lowest BCUT2D eigenvalue weighted by atomic mass is 9.60. The van der Waals surface area contributed by atoms with Crippen molar-refractivity contribution in [3.63, 3.8) is 0 Å². The van der Waals surface area contributed by atoms with Crippen molar-refractivity contribution in [3.05, 3.63) is 41.5 Å². The fourth-order valence-electron chi connectivity index (χ4n) is 6.26. The minimum absolute atomic E-state index is 0.00968. The highest BCUT2D eigenvalue weighted by molar-refractivity contribution is 6.70. The van der Waals surface area contributed by atoms with Gasteiger partial charge in [-0.15, -0.1) is 0 Å². The van der Waals surface area contributed by atoms with Crippen molar-refractivity contribution in [3.8, 4) is 5.75 Å². The summed E-state index contributed by atoms with van der Waals surface area (Å²) in [5, 5.41) is 2.63. The van der Waals surface area contributed by atoms with E-state index in [0.717, 1.165) is 37.7 Å². The van der Waals surface area contributed by atoms with E-state index in [1.807, 2.05) is 0 Å². The molecule has 0 N–H and O–H groups in total. The normalized spacial score (nSPS) is 28.3. The maximum atomic E-state index is 11.7. The van der Waals surface area contributed by atoms with E-state index >= 15 is 0 Å². The summed E-state index contributed by atoms with van der Waals surface area (Å²) >= 11 is 0. The molecule has 0 aromatic heterocycles. The van der Waals surface area contributed by atoms with Crippen LogP contribution in [0.5, 0.6) is 5.75 Å². The molecule has 4 rings (SSSR count). The molecule has 2 aliphatic rings. The van der Waals surface area contributed by atoms with E-state index in [9.17, 15) is 4.79 Å². The molecule has 1 unspecified atom stereocenters. The Morgan fingerprint density at radius 1 is 1.03 bits per heavy atom. The molecule has 0 bridgehead atoms. The molecule has 0 radical (unpaired) electrons. The third-order valence-corrected chi connectivity index (χ3v) is 9.25. The van der Waals surface area contributed by atoms with Gasteiger partial charge in [-0.1, -0.05) is 25.1 Å². The summed E-state index contributed by atoms with van der Waals surface area (Å²) in [7, 11) is -3.41. The minimum atomic E-state index is -1.79. The molecule has 0 spiro atoms. The smallest absolute Gasteiger partial charge is 0.242 e. The van der Waals surface area contributed by atoms with Crippen molar-refractivity contribution < 1.29 is 13.6 Å². The largest absolute Gasteiger partial charge is 0.544 e. The summed E-state index contributed by atoms with van der Waals surface area (Å²) < 4.78 is 13.1. The molecule has 1 fully saturated rings. The van der Waals surface area contributed by atoms with Crippen LogP contribution in [0.15, 0.2) is 30.3 Å². The lowest BCUT2D eigenvalue weighted by molar-refractivity contribution is -0.117. The van der Waals surface area contributed by atoms with Crippen molar-refractivity contribution in [1.82, 2.24) is 0 Å². The first-order chi connectivity index (χ1) is 14.4. The van der Waals surface area contributed by atoms with Gasteiger partial charge in [0.2, 0.25) is 8.32 Å². The van der Waals surface area contributed by atoms with Gasteiger partial charge >= 0.3 is 0 Å². The zero-order chi connectivity index (χ0) is 22.7. The maximum Gasteiger partial charge on any atom is 0.242 e. The van der Waals surface area contributed by atoms with E-state index in [2.05, 4.69) is 76.5 Å². The highest BCUT2D eigenvalue weighted by atomic mass is 28.4. The predicted octanol–water partition coefficient (Wildman–Crippen LogP) is 7.06. The molecule has 0 saturated heterocycles. The summed E-state index contributed by atoms with van der Waals surface area (Å²) in [4.78, 5) is 11.7. The third-order valence-electron chi connectivity index (χ3n) is 7.39. The summed E-state index contributed by atoms with van der Waals surface area (Å²) in [5.41, 5.74) is 2.67. The van der Waals surface area contributed by atoms with Crippen LogP contribution < -0.4 is 4.43 Å². The Hall–Kier alpha value is -1.44. The zero-order valence-electron chi connectivity index (χ0n) is 20.3. The van der Waals surface area contributed by atoms with Crippen molar-refractivity contribution in [2.24, 2.45) is 5.41 Å². The summed E-state index contributed by atoms with van der Waals surface area (Å²) in [6, 6.07) is 11.2. The van der Waals surface area contributed by atoms with Crippen molar-refractivity contribution in [1.29, 1.82) is 0 Å². The van der Waals surface area contributed by atoms with Gasteiger partial charge in [0.1, 0.15) is 12.0 Å². The Kier molecular flexibility index (Phi) is 5.55. The van der Waals surface area contributed by atoms with Crippen molar-refractivity contribution >= 4 is 33.7 Å². The number of fused-ring (bicyclic) bond motifs is 5. The fraction of sp³-hybridized carbons (Fsp3) is 0.577. The summed E-state index contributed by atoms with van der Waals surface area (Å²) in [6.45, 7) is 15.8. The molecule has 1 saturated carbocycles. The van der Waals surface area contributed by atoms with Crippen LogP contribution in [-0.4, -0.2) is 28.5 Å².